The maximum atomic E-state index is 13.3. The SMILES string of the molecule is O=C(CC12CC3CC4CC(C1)C432)C(F)S(=O)(=O)O. The highest BCUT2D eigenvalue weighted by atomic mass is 32.2. The predicted molar refractivity (Wildman–Crippen MR) is 59.9 cm³/mol. The average Bonchev–Trinajstić information content (AvgIpc) is 2.15. The molecule has 1 spiro atoms. The van der Waals surface area contributed by atoms with E-state index in [2.05, 4.69) is 0 Å². The van der Waals surface area contributed by atoms with Crippen molar-refractivity contribution in [1.82, 2.24) is 0 Å². The molecule has 0 amide bonds. The first kappa shape index (κ1) is 11.3. The zero-order chi connectivity index (χ0) is 12.9. The van der Waals surface area contributed by atoms with E-state index in [0.717, 1.165) is 12.8 Å². The number of rotatable bonds is 4. The number of alkyl halides is 1. The third-order valence-corrected chi connectivity index (χ3v) is 7.17. The summed E-state index contributed by atoms with van der Waals surface area (Å²) in [7, 11) is -4.89. The van der Waals surface area contributed by atoms with Gasteiger partial charge in [0.15, 0.2) is 5.78 Å². The van der Waals surface area contributed by atoms with E-state index in [9.17, 15) is 17.6 Å². The minimum atomic E-state index is -4.89. The Hall–Kier alpha value is -0.490. The van der Waals surface area contributed by atoms with Crippen LogP contribution in [0, 0.1) is 28.6 Å². The fourth-order valence-electron chi connectivity index (χ4n) is 6.04. The number of carbonyl (C=O) groups is 1. The molecule has 4 nitrogen and oxygen atoms in total. The molecule has 0 aromatic rings. The lowest BCUT2D eigenvalue weighted by atomic mass is 9.13. The first-order chi connectivity index (χ1) is 8.31. The van der Waals surface area contributed by atoms with Crippen LogP contribution < -0.4 is 0 Å². The summed E-state index contributed by atoms with van der Waals surface area (Å²) >= 11 is 0. The second kappa shape index (κ2) is 2.82. The number of carbonyl (C=O) groups excluding carboxylic acids is 1. The number of halogens is 1. The lowest BCUT2D eigenvalue weighted by molar-refractivity contribution is -0.430. The second-order valence-corrected chi connectivity index (χ2v) is 8.10. The number of ketones is 1. The highest BCUT2D eigenvalue weighted by molar-refractivity contribution is 7.87. The van der Waals surface area contributed by atoms with Gasteiger partial charge in [0.05, 0.1) is 0 Å². The van der Waals surface area contributed by atoms with Crippen LogP contribution in [-0.2, 0) is 14.9 Å². The van der Waals surface area contributed by atoms with Crippen LogP contribution in [0.4, 0.5) is 4.39 Å². The lowest BCUT2D eigenvalue weighted by Gasteiger charge is -2.91. The Kier molecular flexibility index (Phi) is 1.78. The van der Waals surface area contributed by atoms with Crippen molar-refractivity contribution < 1.29 is 22.2 Å². The summed E-state index contributed by atoms with van der Waals surface area (Å²) in [5.41, 5.74) is -2.59. The summed E-state index contributed by atoms with van der Waals surface area (Å²) < 4.78 is 43.2. The van der Waals surface area contributed by atoms with Crippen LogP contribution in [0.1, 0.15) is 32.1 Å². The lowest BCUT2D eigenvalue weighted by Crippen LogP contribution is -2.85. The van der Waals surface area contributed by atoms with Gasteiger partial charge in [-0.2, -0.15) is 8.42 Å². The van der Waals surface area contributed by atoms with Gasteiger partial charge in [0.25, 0.3) is 5.50 Å². The Balaban J connectivity index is 1.53. The first-order valence-corrected chi connectivity index (χ1v) is 7.95. The molecule has 0 saturated heterocycles. The molecule has 3 unspecified atom stereocenters. The van der Waals surface area contributed by atoms with Gasteiger partial charge in [-0.1, -0.05) is 0 Å². The van der Waals surface area contributed by atoms with E-state index >= 15 is 0 Å². The normalized spacial score (nSPS) is 52.7. The molecule has 18 heavy (non-hydrogen) atoms. The van der Waals surface area contributed by atoms with Gasteiger partial charge < -0.3 is 0 Å². The van der Waals surface area contributed by atoms with Gasteiger partial charge >= 0.3 is 10.1 Å². The summed E-state index contributed by atoms with van der Waals surface area (Å²) in [6, 6.07) is 0. The Labute approximate surface area is 105 Å². The van der Waals surface area contributed by atoms with Gasteiger partial charge in [0.1, 0.15) is 0 Å². The van der Waals surface area contributed by atoms with Crippen LogP contribution in [-0.4, -0.2) is 24.3 Å². The Morgan fingerprint density at radius 2 is 1.83 bits per heavy atom. The van der Waals surface area contributed by atoms with Crippen LogP contribution in [0.25, 0.3) is 0 Å². The summed E-state index contributed by atoms with van der Waals surface area (Å²) in [5.74, 6) is 1.14. The van der Waals surface area contributed by atoms with E-state index in [-0.39, 0.29) is 17.3 Å². The maximum absolute atomic E-state index is 13.3. The summed E-state index contributed by atoms with van der Waals surface area (Å²) in [6.07, 6.45) is 4.37. The monoisotopic (exact) mass is 274 g/mol. The maximum Gasteiger partial charge on any atom is 0.305 e. The molecule has 0 aromatic carbocycles. The molecule has 4 aliphatic rings. The Morgan fingerprint density at radius 1 is 1.28 bits per heavy atom. The van der Waals surface area contributed by atoms with Gasteiger partial charge in [0, 0.05) is 6.42 Å². The van der Waals surface area contributed by atoms with Crippen molar-refractivity contribution >= 4 is 15.9 Å². The summed E-state index contributed by atoms with van der Waals surface area (Å²) in [6.45, 7) is 0. The zero-order valence-electron chi connectivity index (χ0n) is 9.80. The molecule has 0 aliphatic heterocycles. The highest BCUT2D eigenvalue weighted by Crippen LogP contribution is 2.93. The van der Waals surface area contributed by atoms with Crippen LogP contribution >= 0.6 is 0 Å². The molecule has 4 fully saturated rings. The van der Waals surface area contributed by atoms with Gasteiger partial charge in [-0.25, -0.2) is 4.39 Å². The molecule has 4 aliphatic carbocycles. The van der Waals surface area contributed by atoms with Crippen molar-refractivity contribution in [3.8, 4) is 0 Å². The van der Waals surface area contributed by atoms with E-state index in [4.69, 9.17) is 4.55 Å². The molecule has 100 valence electrons. The molecular formula is C12H15FO4S. The number of hydrogen-bond acceptors (Lipinski definition) is 3. The van der Waals surface area contributed by atoms with Crippen molar-refractivity contribution in [2.75, 3.05) is 0 Å². The molecule has 4 rings (SSSR count). The standard InChI is InChI=1S/C12H15FO4S/c13-10(18(15,16)17)9(14)5-11-3-7-1-6-2-8(4-11)12(6,7)11/h6-8,10H,1-5H2,(H,15,16,17). The molecule has 6 heteroatoms. The predicted octanol–water partition coefficient (Wildman–Crippen LogP) is 1.57. The minimum Gasteiger partial charge on any atom is -0.295 e. The second-order valence-electron chi connectivity index (χ2n) is 6.66. The number of hydrogen-bond donors (Lipinski definition) is 1. The molecule has 0 aromatic heterocycles. The molecular weight excluding hydrogens is 259 g/mol. The molecule has 0 heterocycles. The fraction of sp³-hybridized carbons (Fsp3) is 0.917. The number of Topliss-reactive ketones (excluding diaryl/α,β-unsaturated/α-hetero) is 1. The molecule has 4 saturated carbocycles. The van der Waals surface area contributed by atoms with Gasteiger partial charge in [0.2, 0.25) is 0 Å². The van der Waals surface area contributed by atoms with Crippen molar-refractivity contribution in [3.63, 3.8) is 0 Å². The van der Waals surface area contributed by atoms with Crippen LogP contribution in [0.15, 0.2) is 0 Å². The Bertz CT molecular complexity index is 529. The summed E-state index contributed by atoms with van der Waals surface area (Å²) in [5, 5.41) is 0. The van der Waals surface area contributed by atoms with Crippen LogP contribution in [0.5, 0.6) is 0 Å². The van der Waals surface area contributed by atoms with Crippen LogP contribution in [0.3, 0.4) is 0 Å². The topological polar surface area (TPSA) is 71.4 Å². The third-order valence-electron chi connectivity index (χ3n) is 6.38. The van der Waals surface area contributed by atoms with Gasteiger partial charge in [-0.05, 0) is 54.3 Å². The quantitative estimate of drug-likeness (QED) is 0.790. The van der Waals surface area contributed by atoms with Crippen molar-refractivity contribution in [3.05, 3.63) is 0 Å². The largest absolute Gasteiger partial charge is 0.305 e. The van der Waals surface area contributed by atoms with Crippen molar-refractivity contribution in [2.45, 2.75) is 37.6 Å². The smallest absolute Gasteiger partial charge is 0.295 e. The van der Waals surface area contributed by atoms with E-state index in [0.29, 0.717) is 17.8 Å². The molecule has 0 bridgehead atoms. The van der Waals surface area contributed by atoms with E-state index < -0.39 is 21.4 Å². The van der Waals surface area contributed by atoms with Crippen molar-refractivity contribution in [1.29, 1.82) is 0 Å². The summed E-state index contributed by atoms with van der Waals surface area (Å²) in [4.78, 5) is 11.7. The van der Waals surface area contributed by atoms with E-state index in [1.807, 2.05) is 0 Å². The molecule has 3 atom stereocenters. The average molecular weight is 274 g/mol. The van der Waals surface area contributed by atoms with E-state index in [1.54, 1.807) is 0 Å². The minimum absolute atomic E-state index is 0.00252. The Morgan fingerprint density at radius 3 is 2.22 bits per heavy atom. The highest BCUT2D eigenvalue weighted by Gasteiger charge is 2.87. The molecule has 0 radical (unpaired) electrons. The van der Waals surface area contributed by atoms with E-state index in [1.165, 1.54) is 12.8 Å². The fourth-order valence-corrected chi connectivity index (χ4v) is 6.46. The first-order valence-electron chi connectivity index (χ1n) is 6.44. The van der Waals surface area contributed by atoms with Crippen LogP contribution in [0.2, 0.25) is 0 Å². The zero-order valence-corrected chi connectivity index (χ0v) is 10.6. The van der Waals surface area contributed by atoms with Gasteiger partial charge in [-0.3, -0.25) is 9.35 Å². The van der Waals surface area contributed by atoms with Gasteiger partial charge in [-0.15, -0.1) is 0 Å². The third kappa shape index (κ3) is 0.922. The van der Waals surface area contributed by atoms with Crippen molar-refractivity contribution in [2.24, 2.45) is 28.6 Å². The molecule has 1 N–H and O–H groups in total.